The first-order valence-electron chi connectivity index (χ1n) is 38.6. The highest BCUT2D eigenvalue weighted by Crippen LogP contribution is 2.43. The smallest absolute Gasteiger partial charge is 0.0541 e. The fraction of sp³-hybridized carbons (Fsp3) is 0.00935. The van der Waals surface area contributed by atoms with Gasteiger partial charge < -0.3 is 28.4 Å². The lowest BCUT2D eigenvalue weighted by Crippen LogP contribution is -2.09. The highest BCUT2D eigenvalue weighted by atomic mass is 15.2. The van der Waals surface area contributed by atoms with E-state index in [1.165, 1.54) is 121 Å². The molecule has 21 rings (SSSR count). The van der Waals surface area contributed by atoms with Crippen LogP contribution in [-0.4, -0.2) is 13.7 Å². The molecule has 0 saturated carbocycles. The molecule has 0 fully saturated rings. The van der Waals surface area contributed by atoms with E-state index in [2.05, 4.69) is 490 Å². The molecule has 6 heteroatoms. The molecule has 0 saturated heterocycles. The number of rotatable bonds is 14. The van der Waals surface area contributed by atoms with E-state index < -0.39 is 0 Å². The van der Waals surface area contributed by atoms with E-state index in [1.807, 2.05) is 0 Å². The van der Waals surface area contributed by atoms with Gasteiger partial charge in [0.15, 0.2) is 0 Å². The Morgan fingerprint density at radius 2 is 0.398 bits per heavy atom. The second-order valence-corrected chi connectivity index (χ2v) is 28.5. The van der Waals surface area contributed by atoms with E-state index in [9.17, 15) is 0 Å². The van der Waals surface area contributed by atoms with E-state index >= 15 is 0 Å². The number of anilines is 9. The Hall–Kier alpha value is -15.0. The maximum atomic E-state index is 2.36. The van der Waals surface area contributed by atoms with Crippen molar-refractivity contribution in [3.63, 3.8) is 0 Å². The molecule has 113 heavy (non-hydrogen) atoms. The van der Waals surface area contributed by atoms with Gasteiger partial charge in [-0.3, -0.25) is 0 Å². The second kappa shape index (κ2) is 30.6. The van der Waals surface area contributed by atoms with Crippen LogP contribution in [0.2, 0.25) is 0 Å². The standard InChI is InChI=1S/C40H28N2.C36H26N2.C31H24N2/c1-3-13-33(14-4-1)41(36-25-21-29-11-7-8-12-31(29)27-36)35-23-19-30(20-24-35)32-22-26-40-38(28-32)37-17-9-10-18-39(37)42(40)34-15-5-2-6-16-34;1-4-12-29(13-5-1)37(30-14-6-2-7-15-30)32-23-20-27(21-24-32)28-22-25-36-34(26-28)33-18-10-11-19-35(33)38(36)31-16-8-3-9-17-31;1-32-30-15-9-8-14-28(30)29-22-24(18-21-31(29)32)23-16-19-27(20-17-23)33(25-10-4-2-5-11-25)26-12-6-3-7-13-26/h1-28H;1-26H;2-22H,1H3. The van der Waals surface area contributed by atoms with Crippen molar-refractivity contribution in [1.82, 2.24) is 13.7 Å². The molecule has 0 aliphatic heterocycles. The van der Waals surface area contributed by atoms with Gasteiger partial charge in [-0.1, -0.05) is 267 Å². The third-order valence-electron chi connectivity index (χ3n) is 21.7. The van der Waals surface area contributed by atoms with E-state index in [4.69, 9.17) is 0 Å². The highest BCUT2D eigenvalue weighted by Gasteiger charge is 2.20. The molecule has 0 aliphatic rings. The third-order valence-corrected chi connectivity index (χ3v) is 21.7. The van der Waals surface area contributed by atoms with Crippen LogP contribution >= 0.6 is 0 Å². The average molecular weight is 1450 g/mol. The molecule has 6 nitrogen and oxygen atoms in total. The molecule has 0 unspecified atom stereocenters. The lowest BCUT2D eigenvalue weighted by molar-refractivity contribution is 1.01. The predicted octanol–water partition coefficient (Wildman–Crippen LogP) is 29.5. The van der Waals surface area contributed by atoms with Crippen molar-refractivity contribution in [2.45, 2.75) is 0 Å². The number of nitrogens with zero attached hydrogens (tertiary/aromatic N) is 6. The van der Waals surface area contributed by atoms with Crippen LogP contribution in [0, 0.1) is 0 Å². The molecule has 21 aromatic rings. The molecule has 3 heterocycles. The minimum Gasteiger partial charge on any atom is -0.344 e. The number of para-hydroxylation sites is 10. The summed E-state index contributed by atoms with van der Waals surface area (Å²) in [6.45, 7) is 0. The first-order chi connectivity index (χ1) is 56.0. The van der Waals surface area contributed by atoms with Crippen LogP contribution in [0.15, 0.2) is 455 Å². The number of hydrogen-bond acceptors (Lipinski definition) is 3. The molecule has 0 radical (unpaired) electrons. The van der Waals surface area contributed by atoms with Crippen LogP contribution in [0.5, 0.6) is 0 Å². The van der Waals surface area contributed by atoms with Crippen LogP contribution in [0.1, 0.15) is 0 Å². The molecule has 0 N–H and O–H groups in total. The third kappa shape index (κ3) is 13.5. The number of fused-ring (bicyclic) bond motifs is 10. The maximum Gasteiger partial charge on any atom is 0.0541 e. The molecule has 0 aliphatic carbocycles. The molecule has 0 spiro atoms. The number of aryl methyl sites for hydroxylation is 1. The van der Waals surface area contributed by atoms with Crippen molar-refractivity contribution >= 4 is 127 Å². The second-order valence-electron chi connectivity index (χ2n) is 28.5. The summed E-state index contributed by atoms with van der Waals surface area (Å²) in [6, 6.07) is 162. The Bertz CT molecular complexity index is 6800. The molecular formula is C107H78N6. The SMILES string of the molecule is Cn1c2ccccc2c2cc(-c3ccc(N(c4ccccc4)c4ccccc4)cc3)ccc21.c1ccc(N(c2ccc(-c3ccc4c(c3)c3ccccc3n4-c3ccccc3)cc2)c2ccc3ccccc3c2)cc1.c1ccc(N(c2ccccc2)c2ccc(-c3ccc4c(c3)c3ccccc3n4-c3ccccc3)cc2)cc1. The van der Waals surface area contributed by atoms with Crippen LogP contribution in [0.4, 0.5) is 51.2 Å². The zero-order valence-corrected chi connectivity index (χ0v) is 62.5. The molecule has 18 aromatic carbocycles. The summed E-state index contributed by atoms with van der Waals surface area (Å²) in [4.78, 5) is 6.91. The summed E-state index contributed by atoms with van der Waals surface area (Å²) in [5, 5.41) is 10.1. The summed E-state index contributed by atoms with van der Waals surface area (Å²) in [7, 11) is 2.14. The summed E-state index contributed by atoms with van der Waals surface area (Å²) in [5.74, 6) is 0. The quantitative estimate of drug-likeness (QED) is 0.108. The van der Waals surface area contributed by atoms with Gasteiger partial charge in [-0.2, -0.15) is 0 Å². The van der Waals surface area contributed by atoms with Crippen molar-refractivity contribution in [2.75, 3.05) is 14.7 Å². The van der Waals surface area contributed by atoms with E-state index in [0.29, 0.717) is 0 Å². The molecule has 0 amide bonds. The van der Waals surface area contributed by atoms with Gasteiger partial charge in [0.25, 0.3) is 0 Å². The fourth-order valence-corrected chi connectivity index (χ4v) is 16.3. The topological polar surface area (TPSA) is 24.5 Å². The Kier molecular flexibility index (Phi) is 18.6. The fourth-order valence-electron chi connectivity index (χ4n) is 16.3. The van der Waals surface area contributed by atoms with Crippen LogP contribution < -0.4 is 14.7 Å². The summed E-state index contributed by atoms with van der Waals surface area (Å²) < 4.78 is 6.99. The molecule has 3 aromatic heterocycles. The van der Waals surface area contributed by atoms with Gasteiger partial charge in [0.05, 0.1) is 22.1 Å². The summed E-state index contributed by atoms with van der Waals surface area (Å²) >= 11 is 0. The minimum absolute atomic E-state index is 1.13. The Morgan fingerprint density at radius 3 is 0.770 bits per heavy atom. The van der Waals surface area contributed by atoms with Gasteiger partial charge in [-0.05, 0) is 232 Å². The number of benzene rings is 18. The molecular weight excluding hydrogens is 1370 g/mol. The van der Waals surface area contributed by atoms with Crippen LogP contribution in [-0.2, 0) is 7.05 Å². The van der Waals surface area contributed by atoms with E-state index in [1.54, 1.807) is 0 Å². The van der Waals surface area contributed by atoms with E-state index in [0.717, 1.165) is 51.2 Å². The van der Waals surface area contributed by atoms with Crippen molar-refractivity contribution < 1.29 is 0 Å². The van der Waals surface area contributed by atoms with Crippen LogP contribution in [0.3, 0.4) is 0 Å². The van der Waals surface area contributed by atoms with Gasteiger partial charge in [0.2, 0.25) is 0 Å². The lowest BCUT2D eigenvalue weighted by Gasteiger charge is -2.26. The highest BCUT2D eigenvalue weighted by molar-refractivity contribution is 6.13. The van der Waals surface area contributed by atoms with Gasteiger partial charge in [-0.15, -0.1) is 0 Å². The maximum absolute atomic E-state index is 2.36. The molecule has 0 atom stereocenters. The largest absolute Gasteiger partial charge is 0.344 e. The van der Waals surface area contributed by atoms with Crippen molar-refractivity contribution in [1.29, 1.82) is 0 Å². The zero-order valence-electron chi connectivity index (χ0n) is 62.5. The Labute approximate surface area is 658 Å². The van der Waals surface area contributed by atoms with Gasteiger partial charge in [0.1, 0.15) is 0 Å². The molecule has 536 valence electrons. The van der Waals surface area contributed by atoms with Crippen molar-refractivity contribution in [3.8, 4) is 44.8 Å². The Morgan fingerprint density at radius 1 is 0.159 bits per heavy atom. The van der Waals surface area contributed by atoms with Gasteiger partial charge >= 0.3 is 0 Å². The monoisotopic (exact) mass is 1450 g/mol. The van der Waals surface area contributed by atoms with E-state index in [-0.39, 0.29) is 0 Å². The molecule has 0 bridgehead atoms. The lowest BCUT2D eigenvalue weighted by atomic mass is 10.0. The normalized spacial score (nSPS) is 11.2. The first-order valence-corrected chi connectivity index (χ1v) is 38.6. The minimum atomic E-state index is 1.13. The average Bonchev–Trinajstić information content (AvgIpc) is 1.61. The van der Waals surface area contributed by atoms with Gasteiger partial charge in [-0.25, -0.2) is 0 Å². The number of hydrogen-bond donors (Lipinski definition) is 0. The van der Waals surface area contributed by atoms with Gasteiger partial charge in [0, 0.05) is 113 Å². The van der Waals surface area contributed by atoms with Crippen molar-refractivity contribution in [2.24, 2.45) is 7.05 Å². The summed E-state index contributed by atoms with van der Waals surface area (Å²) in [5.41, 5.74) is 27.3. The predicted molar refractivity (Wildman–Crippen MR) is 480 cm³/mol. The van der Waals surface area contributed by atoms with Crippen molar-refractivity contribution in [3.05, 3.63) is 455 Å². The first kappa shape index (κ1) is 68.5. The summed E-state index contributed by atoms with van der Waals surface area (Å²) in [6.07, 6.45) is 0. The van der Waals surface area contributed by atoms with Crippen LogP contribution in [0.25, 0.3) is 121 Å². The Balaban J connectivity index is 0.000000115. The zero-order chi connectivity index (χ0) is 75.4. The number of aromatic nitrogens is 3.